The Bertz CT molecular complexity index is 434. The molecule has 0 spiro atoms. The molecule has 126 valence electrons. The smallest absolute Gasteiger partial charge is 0.415 e. The molecule has 4 aliphatic rings. The lowest BCUT2D eigenvalue weighted by Gasteiger charge is -2.59. The molecular weight excluding hydrogens is 322 g/mol. The first-order valence-corrected chi connectivity index (χ1v) is 7.99. The second kappa shape index (κ2) is 5.86. The molecule has 4 saturated carbocycles. The molecule has 6 nitrogen and oxygen atoms in total. The summed E-state index contributed by atoms with van der Waals surface area (Å²) in [7, 11) is 0. The van der Waals surface area contributed by atoms with Crippen LogP contribution in [-0.4, -0.2) is 34.3 Å². The predicted molar refractivity (Wildman–Crippen MR) is 70.3 cm³/mol. The highest BCUT2D eigenvalue weighted by Gasteiger charge is 2.57. The Labute approximate surface area is 130 Å². The number of esters is 1. The van der Waals surface area contributed by atoms with Gasteiger partial charge in [0.15, 0.2) is 0 Å². The summed E-state index contributed by atoms with van der Waals surface area (Å²) in [6.07, 6.45) is 3.88. The van der Waals surface area contributed by atoms with Crippen LogP contribution in [0.4, 0.5) is 8.78 Å². The number of hydrogen-bond acceptors (Lipinski definition) is 7. The Hall–Kier alpha value is -0.480. The lowest BCUT2D eigenvalue weighted by molar-refractivity contribution is -0.433. The number of rotatable bonds is 6. The minimum atomic E-state index is -3.99. The fourth-order valence-corrected chi connectivity index (χ4v) is 5.01. The van der Waals surface area contributed by atoms with Crippen LogP contribution in [0.5, 0.6) is 0 Å². The van der Waals surface area contributed by atoms with Crippen molar-refractivity contribution in [2.75, 3.05) is 6.61 Å². The van der Waals surface area contributed by atoms with Gasteiger partial charge in [-0.3, -0.25) is 0 Å². The monoisotopic (exact) mass is 340 g/mol. The van der Waals surface area contributed by atoms with Crippen LogP contribution in [0.15, 0.2) is 0 Å². The topological polar surface area (TPSA) is 85.2 Å². The molecule has 22 heavy (non-hydrogen) atoms. The summed E-state index contributed by atoms with van der Waals surface area (Å²) in [6.45, 7) is -0.216. The van der Waals surface area contributed by atoms with Crippen molar-refractivity contribution in [3.63, 3.8) is 0 Å². The molecule has 4 fully saturated rings. The number of carbonyl (C=O) groups excluding carboxylic acids is 1. The Balaban J connectivity index is 1.62. The lowest BCUT2D eigenvalue weighted by atomic mass is 9.48. The Morgan fingerprint density at radius 3 is 2.50 bits per heavy atom. The molecule has 3 atom stereocenters. The summed E-state index contributed by atoms with van der Waals surface area (Å²) in [5, 5.41) is 17.4. The van der Waals surface area contributed by atoms with Gasteiger partial charge in [-0.1, -0.05) is 5.04 Å². The minimum absolute atomic E-state index is 0.186. The average molecular weight is 340 g/mol. The van der Waals surface area contributed by atoms with Crippen molar-refractivity contribution in [3.8, 4) is 0 Å². The molecule has 4 bridgehead atoms. The zero-order chi connectivity index (χ0) is 16.0. The molecule has 2 N–H and O–H groups in total. The maximum atomic E-state index is 13.4. The van der Waals surface area contributed by atoms with E-state index in [1.165, 1.54) is 0 Å². The van der Waals surface area contributed by atoms with Gasteiger partial charge in [0.05, 0.1) is 12.7 Å². The second-order valence-electron chi connectivity index (χ2n) is 6.73. The molecule has 0 aromatic rings. The van der Waals surface area contributed by atoms with Crippen LogP contribution in [0.3, 0.4) is 0 Å². The number of ether oxygens (including phenoxy) is 1. The van der Waals surface area contributed by atoms with E-state index in [9.17, 15) is 18.7 Å². The second-order valence-corrected chi connectivity index (χ2v) is 7.55. The molecule has 4 rings (SSSR count). The van der Waals surface area contributed by atoms with Crippen molar-refractivity contribution >= 4 is 18.0 Å². The third-order valence-electron chi connectivity index (χ3n) is 5.30. The molecule has 9 heteroatoms. The van der Waals surface area contributed by atoms with E-state index in [0.29, 0.717) is 24.7 Å². The van der Waals surface area contributed by atoms with Crippen LogP contribution in [0.2, 0.25) is 0 Å². The van der Waals surface area contributed by atoms with Gasteiger partial charge in [-0.05, 0) is 49.9 Å². The van der Waals surface area contributed by atoms with Crippen LogP contribution in [0.25, 0.3) is 0 Å². The van der Waals surface area contributed by atoms with E-state index in [1.807, 2.05) is 0 Å². The van der Waals surface area contributed by atoms with Crippen molar-refractivity contribution in [1.82, 2.24) is 0 Å². The molecular formula is C13H18F2O6S. The Kier molecular flexibility index (Phi) is 4.36. The fraction of sp³-hybridized carbons (Fsp3) is 0.923. The molecule has 0 aliphatic heterocycles. The normalized spacial score (nSPS) is 40.0. The number of aliphatic hydroxyl groups excluding tert-OH is 1. The number of aliphatic hydroxyl groups is 1. The van der Waals surface area contributed by atoms with Gasteiger partial charge in [-0.15, -0.1) is 4.33 Å². The average Bonchev–Trinajstić information content (AvgIpc) is 2.47. The van der Waals surface area contributed by atoms with Crippen LogP contribution in [-0.2, 0) is 18.9 Å². The van der Waals surface area contributed by atoms with Crippen molar-refractivity contribution in [2.45, 2.75) is 43.5 Å². The van der Waals surface area contributed by atoms with E-state index in [0.717, 1.165) is 19.3 Å². The van der Waals surface area contributed by atoms with Gasteiger partial charge in [-0.25, -0.2) is 10.1 Å². The van der Waals surface area contributed by atoms with Crippen LogP contribution in [0, 0.1) is 23.2 Å². The third kappa shape index (κ3) is 2.84. The van der Waals surface area contributed by atoms with Crippen LogP contribution in [0.1, 0.15) is 32.1 Å². The predicted octanol–water partition coefficient (Wildman–Crippen LogP) is 2.38. The van der Waals surface area contributed by atoms with Crippen LogP contribution < -0.4 is 0 Å². The molecule has 0 heterocycles. The molecule has 4 aliphatic carbocycles. The number of carbonyl (C=O) groups is 1. The molecule has 3 unspecified atom stereocenters. The molecule has 0 aromatic carbocycles. The van der Waals surface area contributed by atoms with Gasteiger partial charge in [-0.2, -0.15) is 8.78 Å². The third-order valence-corrected chi connectivity index (χ3v) is 5.81. The summed E-state index contributed by atoms with van der Waals surface area (Å²) in [5.74, 6) is -0.607. The number of halogens is 2. The van der Waals surface area contributed by atoms with E-state index < -0.39 is 34.8 Å². The summed E-state index contributed by atoms with van der Waals surface area (Å²) in [4.78, 5) is 11.5. The van der Waals surface area contributed by atoms with Crippen molar-refractivity contribution < 1.29 is 38.0 Å². The minimum Gasteiger partial charge on any atom is -0.460 e. The molecule has 0 saturated heterocycles. The number of alkyl halides is 2. The van der Waals surface area contributed by atoms with Crippen molar-refractivity contribution in [1.29, 1.82) is 0 Å². The quantitative estimate of drug-likeness (QED) is 0.332. The molecule has 0 aromatic heterocycles. The van der Waals surface area contributed by atoms with E-state index >= 15 is 0 Å². The number of hydrogen-bond donors (Lipinski definition) is 2. The zero-order valence-corrected chi connectivity index (χ0v) is 12.6. The van der Waals surface area contributed by atoms with E-state index in [1.54, 1.807) is 0 Å². The highest BCUT2D eigenvalue weighted by atomic mass is 32.2. The van der Waals surface area contributed by atoms with Gasteiger partial charge in [0, 0.05) is 5.41 Å². The Morgan fingerprint density at radius 1 is 1.27 bits per heavy atom. The van der Waals surface area contributed by atoms with Crippen LogP contribution >= 0.6 is 12.0 Å². The maximum absolute atomic E-state index is 13.4. The highest BCUT2D eigenvalue weighted by Crippen LogP contribution is 2.60. The van der Waals surface area contributed by atoms with Gasteiger partial charge in [0.1, 0.15) is 12.0 Å². The Morgan fingerprint density at radius 2 is 1.91 bits per heavy atom. The largest absolute Gasteiger partial charge is 0.460 e. The summed E-state index contributed by atoms with van der Waals surface area (Å²) in [5.41, 5.74) is -0.598. The summed E-state index contributed by atoms with van der Waals surface area (Å²) < 4.78 is 35.1. The van der Waals surface area contributed by atoms with Gasteiger partial charge >= 0.3 is 11.2 Å². The molecule has 0 amide bonds. The maximum Gasteiger partial charge on any atom is 0.415 e. The van der Waals surface area contributed by atoms with Gasteiger partial charge in [0.25, 0.3) is 0 Å². The summed E-state index contributed by atoms with van der Waals surface area (Å²) in [6, 6.07) is 0. The first-order valence-electron chi connectivity index (χ1n) is 7.25. The molecule has 0 radical (unpaired) electrons. The van der Waals surface area contributed by atoms with Crippen molar-refractivity contribution in [2.24, 2.45) is 23.2 Å². The van der Waals surface area contributed by atoms with E-state index in [-0.39, 0.29) is 12.5 Å². The van der Waals surface area contributed by atoms with E-state index in [4.69, 9.17) is 9.99 Å². The lowest BCUT2D eigenvalue weighted by Crippen LogP contribution is -2.58. The first-order chi connectivity index (χ1) is 10.4. The first kappa shape index (κ1) is 16.4. The van der Waals surface area contributed by atoms with Gasteiger partial charge in [0.2, 0.25) is 0 Å². The standard InChI is InChI=1S/C13H18F2O6S/c14-13(15,22-21-20-18)11(17)19-6-12-4-7-1-8(5-12)3-9(2-7)10(12)16/h7-10,16,18H,1-6H2. The highest BCUT2D eigenvalue weighted by molar-refractivity contribution is 7.96. The SMILES string of the molecule is O=C(OCC12CC3CC(CC(C3)C1O)C2)C(F)(F)SOOO. The van der Waals surface area contributed by atoms with E-state index in [2.05, 4.69) is 9.37 Å². The van der Waals surface area contributed by atoms with Gasteiger partial charge < -0.3 is 9.84 Å². The summed E-state index contributed by atoms with van der Waals surface area (Å²) >= 11 is -0.638. The fourth-order valence-electron chi connectivity index (χ4n) is 4.77. The van der Waals surface area contributed by atoms with Crippen molar-refractivity contribution in [3.05, 3.63) is 0 Å². The zero-order valence-electron chi connectivity index (χ0n) is 11.7.